The number of fused-ring (bicyclic) bond motifs is 1. The summed E-state index contributed by atoms with van der Waals surface area (Å²) in [4.78, 5) is 0. The van der Waals surface area contributed by atoms with Gasteiger partial charge in [0.25, 0.3) is 0 Å². The van der Waals surface area contributed by atoms with Crippen LogP contribution < -0.4 is 5.32 Å². The average molecular weight is 384 g/mol. The summed E-state index contributed by atoms with van der Waals surface area (Å²) in [6.07, 6.45) is 6.42. The maximum atomic E-state index is 4.17. The largest absolute Gasteiger partial charge is 0.388 e. The van der Waals surface area contributed by atoms with Gasteiger partial charge in [-0.25, -0.2) is 0 Å². The molecule has 3 aromatic rings. The third kappa shape index (κ3) is 5.17. The predicted molar refractivity (Wildman–Crippen MR) is 128 cm³/mol. The van der Waals surface area contributed by atoms with Crippen LogP contribution in [-0.4, -0.2) is 6.54 Å². The second-order valence-electron chi connectivity index (χ2n) is 7.91. The molecule has 150 valence electrons. The Labute approximate surface area is 176 Å². The monoisotopic (exact) mass is 383 g/mol. The van der Waals surface area contributed by atoms with E-state index in [0.29, 0.717) is 5.92 Å². The molecule has 3 aromatic carbocycles. The minimum atomic E-state index is 0.412. The summed E-state index contributed by atoms with van der Waals surface area (Å²) >= 11 is 0. The summed E-state index contributed by atoms with van der Waals surface area (Å²) in [6.45, 7) is 13.4. The Morgan fingerprint density at radius 2 is 1.72 bits per heavy atom. The lowest BCUT2D eigenvalue weighted by atomic mass is 9.91. The maximum Gasteiger partial charge on any atom is 0.0215 e. The second kappa shape index (κ2) is 10.1. The highest BCUT2D eigenvalue weighted by Gasteiger charge is 2.11. The molecule has 1 nitrogen and oxygen atoms in total. The summed E-state index contributed by atoms with van der Waals surface area (Å²) < 4.78 is 0. The predicted octanol–water partition coefficient (Wildman–Crippen LogP) is 7.77. The van der Waals surface area contributed by atoms with Gasteiger partial charge in [0, 0.05) is 18.2 Å². The van der Waals surface area contributed by atoms with Gasteiger partial charge in [0.1, 0.15) is 0 Å². The fourth-order valence-corrected chi connectivity index (χ4v) is 3.94. The standard InChI is InChI=1S/C28H33N/c1-5-7-12-22(4)29-20-25(10-6-2)23-16-18-24(19-17-23)27-14-9-13-26-21(3)11-8-15-28(26)27/h6,8-9,11,13-19,25,29H,2,4-5,7,10,12,20H2,1,3H3. The highest BCUT2D eigenvalue weighted by molar-refractivity contribution is 5.98. The Morgan fingerprint density at radius 3 is 2.45 bits per heavy atom. The van der Waals surface area contributed by atoms with Crippen molar-refractivity contribution >= 4 is 10.8 Å². The van der Waals surface area contributed by atoms with E-state index in [4.69, 9.17) is 0 Å². The molecule has 1 unspecified atom stereocenters. The van der Waals surface area contributed by atoms with Crippen molar-refractivity contribution in [3.05, 3.63) is 96.7 Å². The second-order valence-corrected chi connectivity index (χ2v) is 7.91. The summed E-state index contributed by atoms with van der Waals surface area (Å²) in [7, 11) is 0. The van der Waals surface area contributed by atoms with Crippen molar-refractivity contribution in [2.45, 2.75) is 45.4 Å². The zero-order valence-corrected chi connectivity index (χ0v) is 17.9. The first-order valence-electron chi connectivity index (χ1n) is 10.7. The Balaban J connectivity index is 1.80. The lowest BCUT2D eigenvalue weighted by molar-refractivity contribution is 0.614. The molecular weight excluding hydrogens is 350 g/mol. The van der Waals surface area contributed by atoms with E-state index in [-0.39, 0.29) is 0 Å². The van der Waals surface area contributed by atoms with Gasteiger partial charge in [-0.2, -0.15) is 0 Å². The molecule has 0 aliphatic carbocycles. The van der Waals surface area contributed by atoms with Crippen LogP contribution in [0.15, 0.2) is 85.6 Å². The van der Waals surface area contributed by atoms with Crippen LogP contribution >= 0.6 is 0 Å². The van der Waals surface area contributed by atoms with E-state index in [0.717, 1.165) is 25.1 Å². The van der Waals surface area contributed by atoms with Crippen molar-refractivity contribution < 1.29 is 0 Å². The van der Waals surface area contributed by atoms with Crippen LogP contribution in [0.3, 0.4) is 0 Å². The van der Waals surface area contributed by atoms with Gasteiger partial charge in [-0.3, -0.25) is 0 Å². The number of rotatable bonds is 10. The molecule has 0 aliphatic heterocycles. The van der Waals surface area contributed by atoms with Crippen molar-refractivity contribution in [3.8, 4) is 11.1 Å². The van der Waals surface area contributed by atoms with Crippen LogP contribution in [-0.2, 0) is 0 Å². The summed E-state index contributed by atoms with van der Waals surface area (Å²) in [5.41, 5.74) is 6.37. The molecule has 0 radical (unpaired) electrons. The molecular formula is C28H33N. The number of hydrogen-bond acceptors (Lipinski definition) is 1. The molecule has 1 N–H and O–H groups in total. The van der Waals surface area contributed by atoms with E-state index >= 15 is 0 Å². The molecule has 0 bridgehead atoms. The first-order valence-corrected chi connectivity index (χ1v) is 10.7. The van der Waals surface area contributed by atoms with Gasteiger partial charge in [0.15, 0.2) is 0 Å². The Hall–Kier alpha value is -2.80. The molecule has 0 amide bonds. The minimum absolute atomic E-state index is 0.412. The molecule has 1 heteroatoms. The third-order valence-electron chi connectivity index (χ3n) is 5.71. The van der Waals surface area contributed by atoms with Gasteiger partial charge < -0.3 is 5.32 Å². The fourth-order valence-electron chi connectivity index (χ4n) is 3.94. The number of hydrogen-bond donors (Lipinski definition) is 1. The van der Waals surface area contributed by atoms with Crippen molar-refractivity contribution in [3.63, 3.8) is 0 Å². The minimum Gasteiger partial charge on any atom is -0.388 e. The molecule has 0 fully saturated rings. The quantitative estimate of drug-likeness (QED) is 0.353. The number of aryl methyl sites for hydroxylation is 1. The molecule has 0 spiro atoms. The number of allylic oxidation sites excluding steroid dienone is 2. The smallest absolute Gasteiger partial charge is 0.0215 e. The van der Waals surface area contributed by atoms with Crippen LogP contribution in [0.5, 0.6) is 0 Å². The van der Waals surface area contributed by atoms with E-state index in [1.165, 1.54) is 45.9 Å². The van der Waals surface area contributed by atoms with Gasteiger partial charge in [-0.1, -0.05) is 86.7 Å². The number of nitrogens with one attached hydrogen (secondary N) is 1. The summed E-state index contributed by atoms with van der Waals surface area (Å²) in [6, 6.07) is 22.2. The van der Waals surface area contributed by atoms with E-state index in [1.807, 2.05) is 6.08 Å². The average Bonchev–Trinajstić information content (AvgIpc) is 2.75. The molecule has 0 heterocycles. The van der Waals surface area contributed by atoms with Gasteiger partial charge in [0.05, 0.1) is 0 Å². The molecule has 0 saturated heterocycles. The van der Waals surface area contributed by atoms with E-state index in [1.54, 1.807) is 0 Å². The number of unbranched alkanes of at least 4 members (excludes halogenated alkanes) is 1. The van der Waals surface area contributed by atoms with Gasteiger partial charge >= 0.3 is 0 Å². The normalized spacial score (nSPS) is 11.9. The topological polar surface area (TPSA) is 12.0 Å². The van der Waals surface area contributed by atoms with Gasteiger partial charge in [-0.05, 0) is 59.2 Å². The van der Waals surface area contributed by atoms with Gasteiger partial charge in [-0.15, -0.1) is 6.58 Å². The highest BCUT2D eigenvalue weighted by Crippen LogP contribution is 2.31. The van der Waals surface area contributed by atoms with E-state index < -0.39 is 0 Å². The maximum absolute atomic E-state index is 4.17. The molecule has 0 aliphatic rings. The highest BCUT2D eigenvalue weighted by atomic mass is 14.9. The van der Waals surface area contributed by atoms with Crippen LogP contribution in [0.4, 0.5) is 0 Å². The number of benzene rings is 3. The van der Waals surface area contributed by atoms with Crippen LogP contribution in [0.2, 0.25) is 0 Å². The Morgan fingerprint density at radius 1 is 1.00 bits per heavy atom. The van der Waals surface area contributed by atoms with Crippen molar-refractivity contribution in [1.82, 2.24) is 5.32 Å². The van der Waals surface area contributed by atoms with Crippen LogP contribution in [0.25, 0.3) is 21.9 Å². The zero-order valence-electron chi connectivity index (χ0n) is 17.9. The molecule has 29 heavy (non-hydrogen) atoms. The SMILES string of the molecule is C=CCC(CNC(=C)CCCC)c1ccc(-c2cccc3c(C)cccc23)cc1. The molecule has 3 rings (SSSR count). The first-order chi connectivity index (χ1) is 14.1. The first kappa shape index (κ1) is 20.9. The van der Waals surface area contributed by atoms with Crippen molar-refractivity contribution in [2.75, 3.05) is 6.54 Å². The Bertz CT molecular complexity index is 965. The lowest BCUT2D eigenvalue weighted by Gasteiger charge is -2.19. The van der Waals surface area contributed by atoms with Crippen LogP contribution in [0.1, 0.15) is 49.7 Å². The molecule has 1 atom stereocenters. The third-order valence-corrected chi connectivity index (χ3v) is 5.71. The zero-order chi connectivity index (χ0) is 20.6. The van der Waals surface area contributed by atoms with Crippen molar-refractivity contribution in [2.24, 2.45) is 0 Å². The molecule has 0 aromatic heterocycles. The van der Waals surface area contributed by atoms with E-state index in [9.17, 15) is 0 Å². The van der Waals surface area contributed by atoms with Gasteiger partial charge in [0.2, 0.25) is 0 Å². The fraction of sp³-hybridized carbons (Fsp3) is 0.286. The summed E-state index contributed by atoms with van der Waals surface area (Å²) in [5, 5.41) is 6.18. The molecule has 0 saturated carbocycles. The Kier molecular flexibility index (Phi) is 7.30. The van der Waals surface area contributed by atoms with Crippen molar-refractivity contribution in [1.29, 1.82) is 0 Å². The lowest BCUT2D eigenvalue weighted by Crippen LogP contribution is -2.20. The van der Waals surface area contributed by atoms with E-state index in [2.05, 4.69) is 93.0 Å². The summed E-state index contributed by atoms with van der Waals surface area (Å²) in [5.74, 6) is 0.412. The van der Waals surface area contributed by atoms with Crippen LogP contribution in [0, 0.1) is 6.92 Å².